The number of fused-ring (bicyclic) bond motifs is 3. The van der Waals surface area contributed by atoms with Crippen molar-refractivity contribution < 1.29 is 23.9 Å². The number of hydrogen-bond acceptors (Lipinski definition) is 5. The van der Waals surface area contributed by atoms with Crippen LogP contribution < -0.4 is 5.32 Å². The molecule has 8 nitrogen and oxygen atoms in total. The highest BCUT2D eigenvalue weighted by molar-refractivity contribution is 6.18. The summed E-state index contributed by atoms with van der Waals surface area (Å²) in [6.07, 6.45) is 2.03. The maximum absolute atomic E-state index is 13.1. The molecular weight excluding hydrogens is 410 g/mol. The second kappa shape index (κ2) is 8.97. The van der Waals surface area contributed by atoms with Crippen LogP contribution >= 0.6 is 0 Å². The number of anilines is 1. The number of urea groups is 1. The van der Waals surface area contributed by atoms with Crippen molar-refractivity contribution in [2.45, 2.75) is 13.3 Å². The number of ether oxygens (including phenoxy) is 2. The quantitative estimate of drug-likeness (QED) is 0.607. The van der Waals surface area contributed by atoms with Crippen molar-refractivity contribution in [3.05, 3.63) is 71.6 Å². The Balaban J connectivity index is 1.70. The predicted octanol–water partition coefficient (Wildman–Crippen LogP) is 3.95. The van der Waals surface area contributed by atoms with E-state index in [-0.39, 0.29) is 17.7 Å². The van der Waals surface area contributed by atoms with E-state index >= 15 is 0 Å². The first-order chi connectivity index (χ1) is 15.5. The monoisotopic (exact) mass is 433 g/mol. The van der Waals surface area contributed by atoms with Gasteiger partial charge in [-0.05, 0) is 37.1 Å². The Hall–Kier alpha value is -4.07. The number of H-pyrrole nitrogens is 1. The van der Waals surface area contributed by atoms with Gasteiger partial charge in [0.05, 0.1) is 36.2 Å². The Morgan fingerprint density at radius 2 is 1.81 bits per heavy atom. The number of rotatable bonds is 4. The molecule has 1 aliphatic heterocycles. The van der Waals surface area contributed by atoms with Gasteiger partial charge in [0, 0.05) is 23.6 Å². The molecule has 0 fully saturated rings. The van der Waals surface area contributed by atoms with Crippen molar-refractivity contribution in [3.63, 3.8) is 0 Å². The van der Waals surface area contributed by atoms with E-state index in [1.165, 1.54) is 18.2 Å². The van der Waals surface area contributed by atoms with E-state index in [1.54, 1.807) is 31.2 Å². The van der Waals surface area contributed by atoms with Crippen LogP contribution in [0.2, 0.25) is 0 Å². The van der Waals surface area contributed by atoms with Crippen molar-refractivity contribution in [1.29, 1.82) is 0 Å². The molecule has 2 aromatic carbocycles. The molecule has 0 bridgehead atoms. The van der Waals surface area contributed by atoms with Gasteiger partial charge in [0.15, 0.2) is 0 Å². The minimum absolute atomic E-state index is 0.213. The smallest absolute Gasteiger partial charge is 0.341 e. The average molecular weight is 433 g/mol. The first-order valence-corrected chi connectivity index (χ1v) is 10.3. The summed E-state index contributed by atoms with van der Waals surface area (Å²) >= 11 is 0. The molecule has 8 heteroatoms. The molecule has 0 radical (unpaired) electrons. The van der Waals surface area contributed by atoms with Gasteiger partial charge in [0.2, 0.25) is 0 Å². The zero-order valence-electron chi connectivity index (χ0n) is 17.8. The van der Waals surface area contributed by atoms with Crippen LogP contribution in [0.15, 0.2) is 54.7 Å². The molecule has 0 saturated heterocycles. The average Bonchev–Trinajstić information content (AvgIpc) is 3.06. The Morgan fingerprint density at radius 3 is 2.59 bits per heavy atom. The van der Waals surface area contributed by atoms with E-state index in [0.29, 0.717) is 24.3 Å². The number of carbonyl (C=O) groups excluding carboxylic acids is 3. The first-order valence-electron chi connectivity index (χ1n) is 10.3. The number of hydrogen-bond donors (Lipinski definition) is 2. The molecule has 1 aliphatic rings. The number of benzene rings is 2. The Kier molecular flexibility index (Phi) is 5.93. The van der Waals surface area contributed by atoms with Crippen LogP contribution in [0.5, 0.6) is 0 Å². The van der Waals surface area contributed by atoms with E-state index in [9.17, 15) is 14.4 Å². The fraction of sp³-hybridized carbons (Fsp3) is 0.208. The topological polar surface area (TPSA) is 101 Å². The molecule has 0 atom stereocenters. The van der Waals surface area contributed by atoms with Crippen LogP contribution in [-0.4, -0.2) is 48.1 Å². The molecule has 0 spiro atoms. The van der Waals surface area contributed by atoms with Gasteiger partial charge in [-0.15, -0.1) is 0 Å². The fourth-order valence-electron chi connectivity index (χ4n) is 3.80. The van der Waals surface area contributed by atoms with E-state index in [2.05, 4.69) is 10.3 Å². The molecule has 4 rings (SSSR count). The molecule has 164 valence electrons. The van der Waals surface area contributed by atoms with Gasteiger partial charge < -0.3 is 19.8 Å². The number of carbonyl (C=O) groups is 3. The number of methoxy groups -OCH3 is 1. The van der Waals surface area contributed by atoms with E-state index in [4.69, 9.17) is 9.47 Å². The summed E-state index contributed by atoms with van der Waals surface area (Å²) in [6.45, 7) is 2.28. The summed E-state index contributed by atoms with van der Waals surface area (Å²) < 4.78 is 10.0. The normalized spacial score (nSPS) is 13.1. The van der Waals surface area contributed by atoms with Gasteiger partial charge in [-0.2, -0.15) is 0 Å². The van der Waals surface area contributed by atoms with Crippen LogP contribution in [0.25, 0.3) is 16.5 Å². The molecule has 2 N–H and O–H groups in total. The van der Waals surface area contributed by atoms with Crippen LogP contribution in [0, 0.1) is 0 Å². The number of amides is 2. The minimum Gasteiger partial charge on any atom is -0.465 e. The maximum Gasteiger partial charge on any atom is 0.341 e. The highest BCUT2D eigenvalue weighted by Gasteiger charge is 2.27. The van der Waals surface area contributed by atoms with Crippen molar-refractivity contribution in [2.24, 2.45) is 0 Å². The van der Waals surface area contributed by atoms with Gasteiger partial charge >= 0.3 is 18.0 Å². The first kappa shape index (κ1) is 21.2. The summed E-state index contributed by atoms with van der Waals surface area (Å²) in [5, 5.41) is 3.75. The lowest BCUT2D eigenvalue weighted by molar-refractivity contribution is -0.136. The molecule has 0 unspecified atom stereocenters. The standard InChI is InChI=1S/C24H23N3O5/c1-3-32-23(29)18-14-27(13-12-16-15-8-4-6-10-19(15)25-21(16)18)24(30)26-20-11-7-5-9-17(20)22(28)31-2/h4-11,14,25H,3,12-13H2,1-2H3,(H,26,30). The number of esters is 2. The van der Waals surface area contributed by atoms with E-state index < -0.39 is 18.0 Å². The lowest BCUT2D eigenvalue weighted by Gasteiger charge is -2.19. The summed E-state index contributed by atoms with van der Waals surface area (Å²) in [5.74, 6) is -1.07. The third-order valence-electron chi connectivity index (χ3n) is 5.30. The lowest BCUT2D eigenvalue weighted by Crippen LogP contribution is -2.32. The number of aromatic amines is 1. The van der Waals surface area contributed by atoms with Crippen molar-refractivity contribution in [3.8, 4) is 0 Å². The summed E-state index contributed by atoms with van der Waals surface area (Å²) in [4.78, 5) is 42.6. The predicted molar refractivity (Wildman–Crippen MR) is 120 cm³/mol. The molecule has 2 amide bonds. The minimum atomic E-state index is -0.555. The Labute approximate surface area is 184 Å². The van der Waals surface area contributed by atoms with Crippen molar-refractivity contribution >= 4 is 40.1 Å². The molecule has 2 heterocycles. The lowest BCUT2D eigenvalue weighted by atomic mass is 10.0. The van der Waals surface area contributed by atoms with Gasteiger partial charge in [0.1, 0.15) is 0 Å². The van der Waals surface area contributed by atoms with Crippen LogP contribution in [0.3, 0.4) is 0 Å². The summed E-state index contributed by atoms with van der Waals surface area (Å²) in [7, 11) is 1.28. The Morgan fingerprint density at radius 1 is 1.06 bits per heavy atom. The number of aromatic nitrogens is 1. The van der Waals surface area contributed by atoms with Crippen molar-refractivity contribution in [2.75, 3.05) is 25.6 Å². The number of nitrogens with zero attached hydrogens (tertiary/aromatic N) is 1. The molecule has 32 heavy (non-hydrogen) atoms. The fourth-order valence-corrected chi connectivity index (χ4v) is 3.80. The largest absolute Gasteiger partial charge is 0.465 e. The second-order valence-corrected chi connectivity index (χ2v) is 7.20. The zero-order chi connectivity index (χ0) is 22.7. The molecule has 1 aromatic heterocycles. The molecule has 0 saturated carbocycles. The highest BCUT2D eigenvalue weighted by Crippen LogP contribution is 2.31. The van der Waals surface area contributed by atoms with Gasteiger partial charge in [-0.3, -0.25) is 4.90 Å². The highest BCUT2D eigenvalue weighted by atomic mass is 16.5. The summed E-state index contributed by atoms with van der Waals surface area (Å²) in [6, 6.07) is 13.9. The zero-order valence-corrected chi connectivity index (χ0v) is 17.8. The van der Waals surface area contributed by atoms with Crippen LogP contribution in [0.1, 0.15) is 28.5 Å². The Bertz CT molecular complexity index is 1230. The molecule has 0 aliphatic carbocycles. The van der Waals surface area contributed by atoms with Gasteiger partial charge in [-0.1, -0.05) is 30.3 Å². The second-order valence-electron chi connectivity index (χ2n) is 7.20. The van der Waals surface area contributed by atoms with Crippen LogP contribution in [-0.2, 0) is 20.7 Å². The van der Waals surface area contributed by atoms with Gasteiger partial charge in [0.25, 0.3) is 0 Å². The van der Waals surface area contributed by atoms with E-state index in [0.717, 1.165) is 16.5 Å². The molecule has 3 aromatic rings. The third kappa shape index (κ3) is 3.94. The van der Waals surface area contributed by atoms with Crippen LogP contribution in [0.4, 0.5) is 10.5 Å². The summed E-state index contributed by atoms with van der Waals surface area (Å²) in [5.41, 5.74) is 3.34. The van der Waals surface area contributed by atoms with Crippen molar-refractivity contribution in [1.82, 2.24) is 9.88 Å². The molecular formula is C24H23N3O5. The SMILES string of the molecule is CCOC(=O)C1=CN(C(=O)Nc2ccccc2C(=O)OC)CCc2c1[nH]c1ccccc21. The number of nitrogens with one attached hydrogen (secondary N) is 2. The van der Waals surface area contributed by atoms with Gasteiger partial charge in [-0.25, -0.2) is 14.4 Å². The number of para-hydroxylation sites is 2. The third-order valence-corrected chi connectivity index (χ3v) is 5.30. The maximum atomic E-state index is 13.1. The van der Waals surface area contributed by atoms with E-state index in [1.807, 2.05) is 24.3 Å².